The molecule has 23 heavy (non-hydrogen) atoms. The van der Waals surface area contributed by atoms with Crippen LogP contribution in [0.3, 0.4) is 0 Å². The Morgan fingerprint density at radius 3 is 2.43 bits per heavy atom. The summed E-state index contributed by atoms with van der Waals surface area (Å²) in [4.78, 5) is 28.3. The van der Waals surface area contributed by atoms with Gasteiger partial charge in [-0.2, -0.15) is 0 Å². The zero-order valence-corrected chi connectivity index (χ0v) is 13.7. The van der Waals surface area contributed by atoms with Gasteiger partial charge in [-0.1, -0.05) is 30.3 Å². The molecule has 1 unspecified atom stereocenters. The Morgan fingerprint density at radius 2 is 1.74 bits per heavy atom. The van der Waals surface area contributed by atoms with Gasteiger partial charge in [-0.3, -0.25) is 9.59 Å². The van der Waals surface area contributed by atoms with Crippen LogP contribution < -0.4 is 0 Å². The van der Waals surface area contributed by atoms with Gasteiger partial charge < -0.3 is 14.4 Å². The molecular weight excluding hydrogens is 290 g/mol. The lowest BCUT2D eigenvalue weighted by Gasteiger charge is -2.37. The minimum atomic E-state index is -0.420. The predicted octanol–water partition coefficient (Wildman–Crippen LogP) is 1.99. The van der Waals surface area contributed by atoms with E-state index in [0.29, 0.717) is 18.8 Å². The van der Waals surface area contributed by atoms with Gasteiger partial charge in [-0.15, -0.1) is 0 Å². The Kier molecular flexibility index (Phi) is 3.94. The molecule has 1 atom stereocenters. The van der Waals surface area contributed by atoms with Crippen LogP contribution in [0.4, 0.5) is 0 Å². The smallest absolute Gasteiger partial charge is 0.271 e. The Bertz CT molecular complexity index is 736. The minimum absolute atomic E-state index is 0.0120. The second-order valence-corrected chi connectivity index (χ2v) is 5.96. The van der Waals surface area contributed by atoms with Gasteiger partial charge in [0.2, 0.25) is 5.91 Å². The first-order valence-corrected chi connectivity index (χ1v) is 7.78. The normalized spacial score (nSPS) is 18.4. The molecule has 5 nitrogen and oxygen atoms in total. The maximum atomic E-state index is 12.9. The number of hydrogen-bond donors (Lipinski definition) is 0. The molecule has 0 saturated carbocycles. The Hall–Kier alpha value is -2.56. The van der Waals surface area contributed by atoms with Gasteiger partial charge in [0.1, 0.15) is 11.7 Å². The number of piperazine rings is 1. The van der Waals surface area contributed by atoms with E-state index in [0.717, 1.165) is 11.3 Å². The molecular formula is C18H21N3O2. The number of benzene rings is 1. The number of hydrogen-bond acceptors (Lipinski definition) is 2. The zero-order chi connectivity index (χ0) is 16.6. The highest BCUT2D eigenvalue weighted by Gasteiger charge is 2.33. The second-order valence-electron chi connectivity index (χ2n) is 5.96. The average molecular weight is 311 g/mol. The minimum Gasteiger partial charge on any atom is -0.342 e. The maximum absolute atomic E-state index is 12.9. The van der Waals surface area contributed by atoms with Crippen LogP contribution in [0, 0.1) is 0 Å². The first-order chi connectivity index (χ1) is 11.0. The van der Waals surface area contributed by atoms with Gasteiger partial charge in [0.15, 0.2) is 0 Å². The van der Waals surface area contributed by atoms with E-state index in [2.05, 4.69) is 0 Å². The van der Waals surface area contributed by atoms with Crippen molar-refractivity contribution in [2.75, 3.05) is 20.1 Å². The number of likely N-dealkylation sites (N-methyl/N-ethyl adjacent to an activating group) is 1. The van der Waals surface area contributed by atoms with Crippen molar-refractivity contribution in [1.29, 1.82) is 0 Å². The molecule has 0 spiro atoms. The molecule has 0 N–H and O–H groups in total. The van der Waals surface area contributed by atoms with Crippen molar-refractivity contribution in [3.05, 3.63) is 48.2 Å². The summed E-state index contributed by atoms with van der Waals surface area (Å²) in [5.41, 5.74) is 2.66. The third-order valence-electron chi connectivity index (χ3n) is 4.55. The van der Waals surface area contributed by atoms with Crippen LogP contribution in [0.1, 0.15) is 17.4 Å². The van der Waals surface area contributed by atoms with Crippen LogP contribution in [-0.4, -0.2) is 52.4 Å². The number of carbonyl (C=O) groups is 2. The summed E-state index contributed by atoms with van der Waals surface area (Å²) in [7, 11) is 3.66. The summed E-state index contributed by atoms with van der Waals surface area (Å²) in [6.07, 6.45) is 0. The molecule has 1 fully saturated rings. The van der Waals surface area contributed by atoms with Gasteiger partial charge in [-0.05, 0) is 24.6 Å². The standard InChI is InChI=1S/C18H21N3O2/c1-13-17(22)19(2)11-12-21(13)18(23)16-10-9-15(20(16)3)14-7-5-4-6-8-14/h4-10,13H,11-12H2,1-3H3. The molecule has 1 aliphatic heterocycles. The van der Waals surface area contributed by atoms with Crippen LogP contribution in [0.25, 0.3) is 11.3 Å². The topological polar surface area (TPSA) is 45.6 Å². The van der Waals surface area contributed by atoms with E-state index in [4.69, 9.17) is 0 Å². The highest BCUT2D eigenvalue weighted by atomic mass is 16.2. The quantitative estimate of drug-likeness (QED) is 0.851. The molecule has 3 rings (SSSR count). The van der Waals surface area contributed by atoms with Crippen LogP contribution in [0.15, 0.2) is 42.5 Å². The fourth-order valence-corrected chi connectivity index (χ4v) is 3.06. The lowest BCUT2D eigenvalue weighted by Crippen LogP contribution is -2.56. The molecule has 2 aromatic rings. The molecule has 5 heteroatoms. The lowest BCUT2D eigenvalue weighted by molar-refractivity contribution is -0.137. The van der Waals surface area contributed by atoms with E-state index in [1.54, 1.807) is 23.8 Å². The average Bonchev–Trinajstić information content (AvgIpc) is 2.94. The fourth-order valence-electron chi connectivity index (χ4n) is 3.06. The molecule has 1 aromatic heterocycles. The lowest BCUT2D eigenvalue weighted by atomic mass is 10.1. The summed E-state index contributed by atoms with van der Waals surface area (Å²) in [6.45, 7) is 2.93. The summed E-state index contributed by atoms with van der Waals surface area (Å²) >= 11 is 0. The number of nitrogens with zero attached hydrogens (tertiary/aromatic N) is 3. The Labute approximate surface area is 136 Å². The van der Waals surface area contributed by atoms with Crippen molar-refractivity contribution in [3.8, 4) is 11.3 Å². The molecule has 1 saturated heterocycles. The number of amides is 2. The first kappa shape index (κ1) is 15.3. The van der Waals surface area contributed by atoms with Crippen molar-refractivity contribution in [1.82, 2.24) is 14.4 Å². The molecule has 0 radical (unpaired) electrons. The van der Waals surface area contributed by atoms with Crippen molar-refractivity contribution >= 4 is 11.8 Å². The number of carbonyl (C=O) groups excluding carboxylic acids is 2. The van der Waals surface area contributed by atoms with Crippen LogP contribution in [-0.2, 0) is 11.8 Å². The summed E-state index contributed by atoms with van der Waals surface area (Å²) < 4.78 is 1.90. The third-order valence-corrected chi connectivity index (χ3v) is 4.55. The van der Waals surface area contributed by atoms with Gasteiger partial charge in [0.25, 0.3) is 5.91 Å². The molecule has 120 valence electrons. The van der Waals surface area contributed by atoms with Gasteiger partial charge in [0.05, 0.1) is 0 Å². The van der Waals surface area contributed by atoms with Crippen LogP contribution >= 0.6 is 0 Å². The van der Waals surface area contributed by atoms with E-state index in [1.165, 1.54) is 0 Å². The molecule has 2 heterocycles. The summed E-state index contributed by atoms with van der Waals surface area (Å²) in [5.74, 6) is -0.106. The SMILES string of the molecule is CC1C(=O)N(C)CCN1C(=O)c1ccc(-c2ccccc2)n1C. The highest BCUT2D eigenvalue weighted by molar-refractivity contribution is 5.97. The highest BCUT2D eigenvalue weighted by Crippen LogP contribution is 2.23. The third kappa shape index (κ3) is 2.63. The monoisotopic (exact) mass is 311 g/mol. The van der Waals surface area contributed by atoms with Gasteiger partial charge >= 0.3 is 0 Å². The second kappa shape index (κ2) is 5.91. The molecule has 0 bridgehead atoms. The molecule has 2 amide bonds. The van der Waals surface area contributed by atoms with Crippen molar-refractivity contribution < 1.29 is 9.59 Å². The number of aromatic nitrogens is 1. The van der Waals surface area contributed by atoms with E-state index < -0.39 is 6.04 Å². The van der Waals surface area contributed by atoms with E-state index in [-0.39, 0.29) is 11.8 Å². The van der Waals surface area contributed by atoms with Crippen LogP contribution in [0.5, 0.6) is 0 Å². The van der Waals surface area contributed by atoms with E-state index >= 15 is 0 Å². The molecule has 1 aromatic carbocycles. The van der Waals surface area contributed by atoms with Crippen molar-refractivity contribution in [2.24, 2.45) is 7.05 Å². The summed E-state index contributed by atoms with van der Waals surface area (Å²) in [5, 5.41) is 0. The van der Waals surface area contributed by atoms with Crippen molar-refractivity contribution in [2.45, 2.75) is 13.0 Å². The fraction of sp³-hybridized carbons (Fsp3) is 0.333. The van der Waals surface area contributed by atoms with E-state index in [9.17, 15) is 9.59 Å². The van der Waals surface area contributed by atoms with E-state index in [1.807, 2.05) is 54.1 Å². The Morgan fingerprint density at radius 1 is 1.04 bits per heavy atom. The summed E-state index contributed by atoms with van der Waals surface area (Å²) in [6, 6.07) is 13.3. The van der Waals surface area contributed by atoms with Gasteiger partial charge in [-0.25, -0.2) is 0 Å². The van der Waals surface area contributed by atoms with Crippen molar-refractivity contribution in [3.63, 3.8) is 0 Å². The van der Waals surface area contributed by atoms with Gasteiger partial charge in [0, 0.05) is 32.9 Å². The largest absolute Gasteiger partial charge is 0.342 e. The predicted molar refractivity (Wildman–Crippen MR) is 89.0 cm³/mol. The van der Waals surface area contributed by atoms with Crippen LogP contribution in [0.2, 0.25) is 0 Å². The first-order valence-electron chi connectivity index (χ1n) is 7.78. The Balaban J connectivity index is 1.89. The molecule has 1 aliphatic rings. The molecule has 0 aliphatic carbocycles. The number of rotatable bonds is 2. The maximum Gasteiger partial charge on any atom is 0.271 e. The zero-order valence-electron chi connectivity index (χ0n) is 13.7.